The predicted octanol–water partition coefficient (Wildman–Crippen LogP) is 0.328. The van der Waals surface area contributed by atoms with Gasteiger partial charge in [-0.1, -0.05) is 30.3 Å². The Morgan fingerprint density at radius 2 is 1.62 bits per heavy atom. The summed E-state index contributed by atoms with van der Waals surface area (Å²) in [7, 11) is 0. The summed E-state index contributed by atoms with van der Waals surface area (Å²) in [6.45, 7) is 1.22. The first-order valence-corrected chi connectivity index (χ1v) is 7.19. The molecule has 0 aromatic heterocycles. The van der Waals surface area contributed by atoms with Gasteiger partial charge in [0.2, 0.25) is 17.5 Å². The van der Waals surface area contributed by atoms with E-state index in [-0.39, 0.29) is 17.8 Å². The normalized spacial score (nSPS) is 15.2. The van der Waals surface area contributed by atoms with Crippen molar-refractivity contribution in [3.05, 3.63) is 59.4 Å². The van der Waals surface area contributed by atoms with Crippen LogP contribution in [0.15, 0.2) is 53.9 Å². The number of carboxylic acid groups (broad SMARTS) is 1. The molecule has 7 nitrogen and oxygen atoms in total. The van der Waals surface area contributed by atoms with Gasteiger partial charge in [0, 0.05) is 25.5 Å². The van der Waals surface area contributed by atoms with E-state index in [0.717, 1.165) is 17.7 Å². The molecule has 1 aromatic carbocycles. The first-order chi connectivity index (χ1) is 11.4. The number of rotatable bonds is 6. The van der Waals surface area contributed by atoms with E-state index >= 15 is 0 Å². The number of hydrogen-bond donors (Lipinski definition) is 3. The minimum atomic E-state index is -1.14. The number of ketones is 2. The molecule has 7 heteroatoms. The molecule has 0 heterocycles. The summed E-state index contributed by atoms with van der Waals surface area (Å²) in [4.78, 5) is 46.3. The van der Waals surface area contributed by atoms with E-state index in [4.69, 9.17) is 0 Å². The van der Waals surface area contributed by atoms with E-state index in [1.807, 2.05) is 6.07 Å². The first-order valence-electron chi connectivity index (χ1n) is 7.19. The summed E-state index contributed by atoms with van der Waals surface area (Å²) in [5.74, 6) is -2.76. The second kappa shape index (κ2) is 7.36. The monoisotopic (exact) mass is 328 g/mol. The predicted molar refractivity (Wildman–Crippen MR) is 84.7 cm³/mol. The van der Waals surface area contributed by atoms with Gasteiger partial charge in [-0.3, -0.25) is 14.4 Å². The Bertz CT molecular complexity index is 750. The van der Waals surface area contributed by atoms with Crippen molar-refractivity contribution in [2.45, 2.75) is 19.4 Å². The maximum absolute atomic E-state index is 12.0. The lowest BCUT2D eigenvalue weighted by atomic mass is 10.0. The van der Waals surface area contributed by atoms with Crippen LogP contribution in [-0.2, 0) is 25.6 Å². The van der Waals surface area contributed by atoms with Gasteiger partial charge in [0.25, 0.3) is 0 Å². The minimum absolute atomic E-state index is 0.113. The summed E-state index contributed by atoms with van der Waals surface area (Å²) < 4.78 is 0. The number of carboxylic acids is 1. The van der Waals surface area contributed by atoms with Crippen molar-refractivity contribution in [2.75, 3.05) is 0 Å². The van der Waals surface area contributed by atoms with Crippen LogP contribution >= 0.6 is 0 Å². The van der Waals surface area contributed by atoms with E-state index < -0.39 is 29.5 Å². The maximum atomic E-state index is 12.0. The Morgan fingerprint density at radius 3 is 2.21 bits per heavy atom. The number of amides is 1. The van der Waals surface area contributed by atoms with Crippen molar-refractivity contribution in [3.8, 4) is 0 Å². The van der Waals surface area contributed by atoms with Crippen molar-refractivity contribution in [1.82, 2.24) is 10.6 Å². The molecule has 1 aliphatic carbocycles. The van der Waals surface area contributed by atoms with E-state index in [0.29, 0.717) is 0 Å². The van der Waals surface area contributed by atoms with Crippen LogP contribution in [0.5, 0.6) is 0 Å². The van der Waals surface area contributed by atoms with Gasteiger partial charge in [-0.05, 0) is 5.56 Å². The molecule has 1 aromatic rings. The van der Waals surface area contributed by atoms with Gasteiger partial charge in [0.15, 0.2) is 0 Å². The van der Waals surface area contributed by atoms with E-state index in [2.05, 4.69) is 10.6 Å². The van der Waals surface area contributed by atoms with Gasteiger partial charge in [-0.15, -0.1) is 0 Å². The number of hydrogen-bond acceptors (Lipinski definition) is 5. The first kappa shape index (κ1) is 17.1. The average Bonchev–Trinajstić information content (AvgIpc) is 2.51. The topological polar surface area (TPSA) is 113 Å². The Morgan fingerprint density at radius 1 is 1.04 bits per heavy atom. The van der Waals surface area contributed by atoms with Gasteiger partial charge in [-0.2, -0.15) is 0 Å². The van der Waals surface area contributed by atoms with Crippen LogP contribution in [0.2, 0.25) is 0 Å². The third-order valence-electron chi connectivity index (χ3n) is 3.30. The lowest BCUT2D eigenvalue weighted by molar-refractivity contribution is -0.139. The molecule has 0 unspecified atom stereocenters. The number of nitrogens with one attached hydrogen (secondary N) is 2. The zero-order chi connectivity index (χ0) is 17.7. The summed E-state index contributed by atoms with van der Waals surface area (Å²) in [6.07, 6.45) is 2.12. The van der Waals surface area contributed by atoms with Crippen LogP contribution in [0, 0.1) is 0 Å². The third-order valence-corrected chi connectivity index (χ3v) is 3.30. The highest BCUT2D eigenvalue weighted by atomic mass is 16.4. The Hall–Kier alpha value is -3.22. The van der Waals surface area contributed by atoms with E-state index in [1.165, 1.54) is 6.92 Å². The van der Waals surface area contributed by atoms with Crippen molar-refractivity contribution < 1.29 is 24.3 Å². The van der Waals surface area contributed by atoms with Crippen LogP contribution < -0.4 is 10.6 Å². The molecule has 24 heavy (non-hydrogen) atoms. The average molecular weight is 328 g/mol. The highest BCUT2D eigenvalue weighted by molar-refractivity contribution is 6.20. The Kier molecular flexibility index (Phi) is 5.26. The molecule has 3 N–H and O–H groups in total. The molecule has 0 spiro atoms. The maximum Gasteiger partial charge on any atom is 0.326 e. The van der Waals surface area contributed by atoms with Crippen molar-refractivity contribution in [2.24, 2.45) is 0 Å². The van der Waals surface area contributed by atoms with Crippen molar-refractivity contribution in [3.63, 3.8) is 0 Å². The molecule has 1 amide bonds. The second-order valence-corrected chi connectivity index (χ2v) is 5.25. The van der Waals surface area contributed by atoms with Gasteiger partial charge in [0.05, 0.1) is 11.4 Å². The SMILES string of the molecule is CC(=O)NC1=CC(=O)C(N[C@H](Cc2ccccc2)C(=O)O)=CC1=O. The van der Waals surface area contributed by atoms with E-state index in [9.17, 15) is 24.3 Å². The number of carbonyl (C=O) groups is 4. The molecular formula is C17H16N2O5. The highest BCUT2D eigenvalue weighted by Gasteiger charge is 2.25. The zero-order valence-corrected chi connectivity index (χ0v) is 12.9. The minimum Gasteiger partial charge on any atom is -0.480 e. The van der Waals surface area contributed by atoms with Crippen molar-refractivity contribution in [1.29, 1.82) is 0 Å². The number of benzene rings is 1. The Labute approximate surface area is 138 Å². The van der Waals surface area contributed by atoms with Crippen LogP contribution in [0.3, 0.4) is 0 Å². The molecule has 124 valence electrons. The van der Waals surface area contributed by atoms with Gasteiger partial charge in [0.1, 0.15) is 6.04 Å². The lowest BCUT2D eigenvalue weighted by Gasteiger charge is -2.19. The smallest absolute Gasteiger partial charge is 0.326 e. The highest BCUT2D eigenvalue weighted by Crippen LogP contribution is 2.11. The number of allylic oxidation sites excluding steroid dienone is 2. The molecule has 0 saturated carbocycles. The molecule has 0 saturated heterocycles. The fourth-order valence-electron chi connectivity index (χ4n) is 2.20. The second-order valence-electron chi connectivity index (χ2n) is 5.25. The molecule has 0 radical (unpaired) electrons. The molecule has 2 rings (SSSR count). The summed E-state index contributed by atoms with van der Waals surface area (Å²) in [5.41, 5.74) is 0.535. The van der Waals surface area contributed by atoms with E-state index in [1.54, 1.807) is 24.3 Å². The standard InChI is InChI=1S/C17H16N2O5/c1-10(20)18-12-8-16(22)13(9-15(12)21)19-14(17(23)24)7-11-5-3-2-4-6-11/h2-6,8-9,14,19H,7H2,1H3,(H,18,20)(H,23,24)/t14-/m1/s1. The Balaban J connectivity index is 2.13. The summed E-state index contributed by atoms with van der Waals surface area (Å²) in [5, 5.41) is 14.2. The van der Waals surface area contributed by atoms with Crippen LogP contribution in [0.25, 0.3) is 0 Å². The largest absolute Gasteiger partial charge is 0.480 e. The van der Waals surface area contributed by atoms with Gasteiger partial charge in [-0.25, -0.2) is 4.79 Å². The lowest BCUT2D eigenvalue weighted by Crippen LogP contribution is -2.41. The third kappa shape index (κ3) is 4.39. The molecular weight excluding hydrogens is 312 g/mol. The molecule has 0 aliphatic heterocycles. The molecule has 0 bridgehead atoms. The van der Waals surface area contributed by atoms with Gasteiger partial charge >= 0.3 is 5.97 Å². The number of aliphatic carboxylic acids is 1. The van der Waals surface area contributed by atoms with Crippen LogP contribution in [0.4, 0.5) is 0 Å². The van der Waals surface area contributed by atoms with Crippen molar-refractivity contribution >= 4 is 23.4 Å². The van der Waals surface area contributed by atoms with Crippen LogP contribution in [0.1, 0.15) is 12.5 Å². The summed E-state index contributed by atoms with van der Waals surface area (Å²) >= 11 is 0. The summed E-state index contributed by atoms with van der Waals surface area (Å²) in [6, 6.07) is 7.86. The fourth-order valence-corrected chi connectivity index (χ4v) is 2.20. The number of carbonyl (C=O) groups excluding carboxylic acids is 3. The zero-order valence-electron chi connectivity index (χ0n) is 12.9. The fraction of sp³-hybridized carbons (Fsp3) is 0.176. The molecule has 1 atom stereocenters. The van der Waals surface area contributed by atoms with Gasteiger partial charge < -0.3 is 15.7 Å². The van der Waals surface area contributed by atoms with Crippen LogP contribution in [-0.4, -0.2) is 34.6 Å². The quantitative estimate of drug-likeness (QED) is 0.649. The molecule has 0 fully saturated rings. The molecule has 1 aliphatic rings.